The van der Waals surface area contributed by atoms with E-state index in [1.54, 1.807) is 24.3 Å². The molecule has 0 aliphatic carbocycles. The molecule has 0 radical (unpaired) electrons. The van der Waals surface area contributed by atoms with Crippen LogP contribution >= 0.6 is 0 Å². The predicted molar refractivity (Wildman–Crippen MR) is 174 cm³/mol. The first-order valence-electron chi connectivity index (χ1n) is 16.0. The maximum absolute atomic E-state index is 13.1. The van der Waals surface area contributed by atoms with Gasteiger partial charge in [-0.2, -0.15) is 0 Å². The summed E-state index contributed by atoms with van der Waals surface area (Å²) < 4.78 is 5.87. The molecule has 0 bridgehead atoms. The van der Waals surface area contributed by atoms with E-state index in [9.17, 15) is 19.5 Å². The number of benzene rings is 2. The Morgan fingerprint density at radius 1 is 0.867 bits per heavy atom. The number of likely N-dealkylation sites (N-methyl/N-ethyl adjacent to an activating group) is 1. The van der Waals surface area contributed by atoms with Crippen molar-refractivity contribution in [2.45, 2.75) is 76.8 Å². The number of carbonyl (C=O) groups is 3. The Kier molecular flexibility index (Phi) is 12.9. The number of hydrogen-bond acceptors (Lipinski definition) is 7. The standard InChI is InChI=1S/C35H45N5O5/c1-3-4-5-6-9-20-45-29-16-14-26(15-17-29)28-23-37-33(38-24-28)27-12-10-25(11-13-27)21-30(36-2)34(43)39-31(22-32(41)42)35(44)40-18-7-8-19-40/h10-17,23-24,30-31,36H,3-9,18-22H2,1-2H3,(H,39,43)(H,41,42). The molecular formula is C35H45N5O5. The van der Waals surface area contributed by atoms with Crippen molar-refractivity contribution in [1.29, 1.82) is 0 Å². The fourth-order valence-electron chi connectivity index (χ4n) is 5.42. The first-order valence-corrected chi connectivity index (χ1v) is 16.0. The van der Waals surface area contributed by atoms with Crippen molar-refractivity contribution in [2.75, 3.05) is 26.7 Å². The zero-order chi connectivity index (χ0) is 32.0. The van der Waals surface area contributed by atoms with Gasteiger partial charge in [0.2, 0.25) is 11.8 Å². The number of unbranched alkanes of at least 4 members (excludes halogenated alkanes) is 4. The molecule has 1 aromatic heterocycles. The molecule has 1 saturated heterocycles. The number of carboxylic acids is 1. The van der Waals surface area contributed by atoms with Crippen molar-refractivity contribution in [3.05, 3.63) is 66.5 Å². The predicted octanol–water partition coefficient (Wildman–Crippen LogP) is 4.87. The quantitative estimate of drug-likeness (QED) is 0.183. The summed E-state index contributed by atoms with van der Waals surface area (Å²) in [4.78, 5) is 48.1. The lowest BCUT2D eigenvalue weighted by molar-refractivity contribution is -0.143. The summed E-state index contributed by atoms with van der Waals surface area (Å²) in [6, 6.07) is 13.9. The van der Waals surface area contributed by atoms with Crippen LogP contribution in [0.3, 0.4) is 0 Å². The number of nitrogens with zero attached hydrogens (tertiary/aromatic N) is 3. The highest BCUT2D eigenvalue weighted by Crippen LogP contribution is 2.24. The van der Waals surface area contributed by atoms with E-state index in [4.69, 9.17) is 4.74 Å². The van der Waals surface area contributed by atoms with Gasteiger partial charge < -0.3 is 25.4 Å². The summed E-state index contributed by atoms with van der Waals surface area (Å²) in [7, 11) is 1.67. The second-order valence-electron chi connectivity index (χ2n) is 11.5. The minimum atomic E-state index is -1.13. The monoisotopic (exact) mass is 615 g/mol. The van der Waals surface area contributed by atoms with E-state index < -0.39 is 30.4 Å². The largest absolute Gasteiger partial charge is 0.494 e. The molecule has 2 heterocycles. The van der Waals surface area contributed by atoms with Gasteiger partial charge in [-0.3, -0.25) is 14.4 Å². The molecule has 3 N–H and O–H groups in total. The smallest absolute Gasteiger partial charge is 0.305 e. The molecule has 2 aromatic carbocycles. The second-order valence-corrected chi connectivity index (χ2v) is 11.5. The maximum atomic E-state index is 13.1. The van der Waals surface area contributed by atoms with Crippen LogP contribution in [0.25, 0.3) is 22.5 Å². The Hall–Kier alpha value is -4.31. The third-order valence-electron chi connectivity index (χ3n) is 8.08. The Morgan fingerprint density at radius 2 is 1.51 bits per heavy atom. The maximum Gasteiger partial charge on any atom is 0.305 e. The van der Waals surface area contributed by atoms with E-state index in [1.807, 2.05) is 48.5 Å². The van der Waals surface area contributed by atoms with Gasteiger partial charge in [0.15, 0.2) is 5.82 Å². The van der Waals surface area contributed by atoms with Gasteiger partial charge in [-0.05, 0) is 56.0 Å². The van der Waals surface area contributed by atoms with Crippen LogP contribution in [0.5, 0.6) is 5.75 Å². The lowest BCUT2D eigenvalue weighted by atomic mass is 10.0. The topological polar surface area (TPSA) is 134 Å². The average molecular weight is 616 g/mol. The number of carboxylic acid groups (broad SMARTS) is 1. The summed E-state index contributed by atoms with van der Waals surface area (Å²) in [5.41, 5.74) is 3.66. The van der Waals surface area contributed by atoms with Gasteiger partial charge in [0, 0.05) is 36.6 Å². The van der Waals surface area contributed by atoms with Crippen molar-refractivity contribution < 1.29 is 24.2 Å². The molecule has 1 aliphatic heterocycles. The summed E-state index contributed by atoms with van der Waals surface area (Å²) >= 11 is 0. The summed E-state index contributed by atoms with van der Waals surface area (Å²) in [5, 5.41) is 15.0. The molecule has 1 fully saturated rings. The van der Waals surface area contributed by atoms with Crippen LogP contribution in [-0.4, -0.2) is 76.6 Å². The first-order chi connectivity index (χ1) is 21.9. The molecule has 0 spiro atoms. The molecule has 0 saturated carbocycles. The lowest BCUT2D eigenvalue weighted by Gasteiger charge is -2.25. The summed E-state index contributed by atoms with van der Waals surface area (Å²) in [6.45, 7) is 4.12. The Morgan fingerprint density at radius 3 is 2.13 bits per heavy atom. The zero-order valence-electron chi connectivity index (χ0n) is 26.3. The highest BCUT2D eigenvalue weighted by molar-refractivity contribution is 5.92. The van der Waals surface area contributed by atoms with E-state index >= 15 is 0 Å². The van der Waals surface area contributed by atoms with Crippen LogP contribution in [0.15, 0.2) is 60.9 Å². The fraction of sp³-hybridized carbons (Fsp3) is 0.457. The van der Waals surface area contributed by atoms with Gasteiger partial charge in [0.1, 0.15) is 11.8 Å². The number of carbonyl (C=O) groups excluding carboxylic acids is 2. The number of ether oxygens (including phenoxy) is 1. The van der Waals surface area contributed by atoms with Crippen molar-refractivity contribution in [3.8, 4) is 28.3 Å². The van der Waals surface area contributed by atoms with Crippen LogP contribution in [0.4, 0.5) is 0 Å². The van der Waals surface area contributed by atoms with Crippen LogP contribution < -0.4 is 15.4 Å². The average Bonchev–Trinajstić information content (AvgIpc) is 3.60. The van der Waals surface area contributed by atoms with Crippen molar-refractivity contribution in [1.82, 2.24) is 25.5 Å². The van der Waals surface area contributed by atoms with Crippen molar-refractivity contribution in [2.24, 2.45) is 0 Å². The molecular weight excluding hydrogens is 570 g/mol. The number of hydrogen-bond donors (Lipinski definition) is 3. The van der Waals surface area contributed by atoms with Crippen LogP contribution in [0.1, 0.15) is 63.9 Å². The molecule has 240 valence electrons. The minimum Gasteiger partial charge on any atom is -0.494 e. The zero-order valence-corrected chi connectivity index (χ0v) is 26.3. The Bertz CT molecular complexity index is 1370. The molecule has 10 heteroatoms. The van der Waals surface area contributed by atoms with Gasteiger partial charge in [0.25, 0.3) is 0 Å². The molecule has 2 amide bonds. The SMILES string of the molecule is CCCCCCCOc1ccc(-c2cnc(-c3ccc(CC(NC)C(=O)NC(CC(=O)O)C(=O)N4CCCC4)cc3)nc2)cc1. The molecule has 4 rings (SSSR count). The van der Waals surface area contributed by atoms with Gasteiger partial charge in [-0.25, -0.2) is 9.97 Å². The van der Waals surface area contributed by atoms with Gasteiger partial charge in [-0.15, -0.1) is 0 Å². The number of aromatic nitrogens is 2. The number of aliphatic carboxylic acids is 1. The van der Waals surface area contributed by atoms with Crippen molar-refractivity contribution in [3.63, 3.8) is 0 Å². The minimum absolute atomic E-state index is 0.344. The third kappa shape index (κ3) is 10.1. The lowest BCUT2D eigenvalue weighted by Crippen LogP contribution is -2.53. The molecule has 3 aromatic rings. The number of rotatable bonds is 17. The molecule has 1 aliphatic rings. The molecule has 45 heavy (non-hydrogen) atoms. The normalized spacial score (nSPS) is 14.1. The van der Waals surface area contributed by atoms with Crippen LogP contribution in [-0.2, 0) is 20.8 Å². The van der Waals surface area contributed by atoms with Gasteiger partial charge in [0.05, 0.1) is 19.1 Å². The Labute approximate surface area is 265 Å². The summed E-state index contributed by atoms with van der Waals surface area (Å²) in [6.07, 6.45) is 11.3. The van der Waals surface area contributed by atoms with E-state index in [1.165, 1.54) is 25.7 Å². The first kappa shape index (κ1) is 33.6. The number of likely N-dealkylation sites (tertiary alicyclic amines) is 1. The van der Waals surface area contributed by atoms with Gasteiger partial charge >= 0.3 is 5.97 Å². The highest BCUT2D eigenvalue weighted by atomic mass is 16.5. The number of amides is 2. The van der Waals surface area contributed by atoms with E-state index in [-0.39, 0.29) is 5.91 Å². The summed E-state index contributed by atoms with van der Waals surface area (Å²) in [5.74, 6) is -0.441. The van der Waals surface area contributed by atoms with Gasteiger partial charge in [-0.1, -0.05) is 69.0 Å². The highest BCUT2D eigenvalue weighted by Gasteiger charge is 2.31. The van der Waals surface area contributed by atoms with E-state index in [2.05, 4.69) is 27.5 Å². The number of nitrogens with one attached hydrogen (secondary N) is 2. The Balaban J connectivity index is 1.31. The van der Waals surface area contributed by atoms with E-state index in [0.717, 1.165) is 53.9 Å². The molecule has 2 unspecified atom stereocenters. The molecule has 10 nitrogen and oxygen atoms in total. The van der Waals surface area contributed by atoms with Crippen LogP contribution in [0.2, 0.25) is 0 Å². The van der Waals surface area contributed by atoms with Crippen molar-refractivity contribution >= 4 is 17.8 Å². The second kappa shape index (κ2) is 17.2. The van der Waals surface area contributed by atoms with Crippen LogP contribution in [0, 0.1) is 0 Å². The third-order valence-corrected chi connectivity index (χ3v) is 8.08. The fourth-order valence-corrected chi connectivity index (χ4v) is 5.42. The molecule has 2 atom stereocenters. The van der Waals surface area contributed by atoms with E-state index in [0.29, 0.717) is 25.3 Å².